The van der Waals surface area contributed by atoms with Crippen LogP contribution in [0.1, 0.15) is 52.7 Å². The topological polar surface area (TPSA) is 150 Å². The molecular weight excluding hydrogens is 631 g/mol. The Balaban J connectivity index is 1.92. The third kappa shape index (κ3) is 9.16. The molecule has 0 saturated carbocycles. The van der Waals surface area contributed by atoms with Crippen molar-refractivity contribution in [2.45, 2.75) is 70.7 Å². The molecule has 44 heavy (non-hydrogen) atoms. The summed E-state index contributed by atoms with van der Waals surface area (Å²) in [6.07, 6.45) is -3.62. The summed E-state index contributed by atoms with van der Waals surface area (Å²) in [5.41, 5.74) is -3.01. The summed E-state index contributed by atoms with van der Waals surface area (Å²) < 4.78 is 84.4. The first kappa shape index (κ1) is 34.3. The summed E-state index contributed by atoms with van der Waals surface area (Å²) in [5, 5.41) is -0.668. The van der Waals surface area contributed by atoms with E-state index in [1.807, 2.05) is 0 Å². The minimum absolute atomic E-state index is 0.107. The average molecular weight is 660 g/mol. The number of alkyl halides is 3. The number of nitrogens with zero attached hydrogens (tertiary/aromatic N) is 4. The van der Waals surface area contributed by atoms with Gasteiger partial charge in [-0.25, -0.2) is 33.0 Å². The van der Waals surface area contributed by atoms with Crippen LogP contribution in [0.3, 0.4) is 0 Å². The first-order chi connectivity index (χ1) is 20.1. The molecule has 0 aliphatic heterocycles. The van der Waals surface area contributed by atoms with Gasteiger partial charge in [0.25, 0.3) is 10.0 Å². The highest BCUT2D eigenvalue weighted by molar-refractivity contribution is 7.92. The van der Waals surface area contributed by atoms with E-state index in [0.29, 0.717) is 16.5 Å². The SMILES string of the molecule is Cc1cnc(Oc2cnc(N(C(=O)OC(C)(C)C)C(=O)OC(C)(C)C)nc2)c(NS(=O)(=O)c2ccc(Cl)c(C(F)(F)F)c2)c1. The Morgan fingerprint density at radius 2 is 1.43 bits per heavy atom. The number of aryl methyl sites for hydroxylation is 1. The number of benzene rings is 1. The van der Waals surface area contributed by atoms with E-state index in [1.165, 1.54) is 12.3 Å². The van der Waals surface area contributed by atoms with Gasteiger partial charge in [0.15, 0.2) is 5.75 Å². The van der Waals surface area contributed by atoms with Gasteiger partial charge in [-0.15, -0.1) is 4.90 Å². The second-order valence-electron chi connectivity index (χ2n) is 11.2. The second-order valence-corrected chi connectivity index (χ2v) is 13.3. The van der Waals surface area contributed by atoms with E-state index in [4.69, 9.17) is 25.8 Å². The fraction of sp³-hybridized carbons (Fsp3) is 0.370. The number of rotatable bonds is 6. The van der Waals surface area contributed by atoms with Crippen molar-refractivity contribution in [1.82, 2.24) is 15.0 Å². The van der Waals surface area contributed by atoms with Crippen molar-refractivity contribution in [3.05, 3.63) is 59.0 Å². The van der Waals surface area contributed by atoms with Crippen LogP contribution in [0.2, 0.25) is 5.02 Å². The van der Waals surface area contributed by atoms with Gasteiger partial charge in [-0.3, -0.25) is 4.72 Å². The van der Waals surface area contributed by atoms with Crippen LogP contribution < -0.4 is 14.4 Å². The number of ether oxygens (including phenoxy) is 3. The highest BCUT2D eigenvalue weighted by Crippen LogP contribution is 2.37. The molecule has 0 aliphatic rings. The number of carbonyl (C=O) groups excluding carboxylic acids is 2. The molecule has 0 atom stereocenters. The molecule has 0 radical (unpaired) electrons. The van der Waals surface area contributed by atoms with Crippen LogP contribution in [0.25, 0.3) is 0 Å². The zero-order valence-corrected chi connectivity index (χ0v) is 26.2. The molecule has 2 aromatic heterocycles. The largest absolute Gasteiger partial charge is 0.443 e. The number of aromatic nitrogens is 3. The lowest BCUT2D eigenvalue weighted by molar-refractivity contribution is -0.137. The molecular formula is C27H29ClF3N5O7S. The number of amides is 2. The Bertz CT molecular complexity index is 1630. The van der Waals surface area contributed by atoms with Crippen LogP contribution in [0, 0.1) is 6.92 Å². The third-order valence-corrected chi connectivity index (χ3v) is 6.66. The quantitative estimate of drug-likeness (QED) is 0.290. The molecule has 2 heterocycles. The first-order valence-electron chi connectivity index (χ1n) is 12.7. The Morgan fingerprint density at radius 3 is 1.93 bits per heavy atom. The second kappa shape index (κ2) is 12.4. The van der Waals surface area contributed by atoms with Crippen LogP contribution in [-0.2, 0) is 25.7 Å². The monoisotopic (exact) mass is 659 g/mol. The number of halogens is 4. The third-order valence-electron chi connectivity index (χ3n) is 4.97. The number of nitrogens with one attached hydrogen (secondary N) is 1. The van der Waals surface area contributed by atoms with Crippen molar-refractivity contribution in [3.63, 3.8) is 0 Å². The summed E-state index contributed by atoms with van der Waals surface area (Å²) in [7, 11) is -4.58. The lowest BCUT2D eigenvalue weighted by Crippen LogP contribution is -2.44. The Labute approximate surface area is 256 Å². The minimum atomic E-state index is -4.89. The molecule has 0 unspecified atom stereocenters. The minimum Gasteiger partial charge on any atom is -0.443 e. The smallest absolute Gasteiger partial charge is 0.427 e. The van der Waals surface area contributed by atoms with E-state index >= 15 is 0 Å². The van der Waals surface area contributed by atoms with Crippen molar-refractivity contribution < 1.29 is 45.4 Å². The normalized spacial score (nSPS) is 12.3. The van der Waals surface area contributed by atoms with Crippen molar-refractivity contribution in [2.75, 3.05) is 9.62 Å². The molecule has 2 amide bonds. The summed E-state index contributed by atoms with van der Waals surface area (Å²) in [5.74, 6) is -0.830. The van der Waals surface area contributed by atoms with Crippen LogP contribution in [0.15, 0.2) is 47.8 Å². The Morgan fingerprint density at radius 1 is 0.886 bits per heavy atom. The van der Waals surface area contributed by atoms with E-state index in [0.717, 1.165) is 24.5 Å². The number of carbonyl (C=O) groups is 2. The molecule has 0 spiro atoms. The fourth-order valence-electron chi connectivity index (χ4n) is 3.25. The number of hydrogen-bond acceptors (Lipinski definition) is 10. The molecule has 0 bridgehead atoms. The standard InChI is InChI=1S/C27H29ClF3N5O7S/c1-15-10-20(35-44(39,40)17-8-9-19(28)18(11-17)27(29,30)31)21(32-12-15)41-16-13-33-22(34-14-16)36(23(37)42-25(2,3)4)24(38)43-26(5,6)7/h8-14,35H,1-7H3. The molecule has 1 N–H and O–H groups in total. The van der Waals surface area contributed by atoms with Gasteiger partial charge < -0.3 is 14.2 Å². The fourth-order valence-corrected chi connectivity index (χ4v) is 4.54. The van der Waals surface area contributed by atoms with Gasteiger partial charge in [-0.1, -0.05) is 11.6 Å². The lowest BCUT2D eigenvalue weighted by Gasteiger charge is -2.27. The van der Waals surface area contributed by atoms with Crippen molar-refractivity contribution >= 4 is 45.4 Å². The van der Waals surface area contributed by atoms with Crippen LogP contribution >= 0.6 is 11.6 Å². The van der Waals surface area contributed by atoms with E-state index < -0.39 is 61.0 Å². The highest BCUT2D eigenvalue weighted by Gasteiger charge is 2.36. The van der Waals surface area contributed by atoms with E-state index in [9.17, 15) is 31.2 Å². The number of sulfonamides is 1. The van der Waals surface area contributed by atoms with E-state index in [-0.39, 0.29) is 17.3 Å². The molecule has 1 aromatic carbocycles. The average Bonchev–Trinajstić information content (AvgIpc) is 2.84. The Hall–Kier alpha value is -4.18. The van der Waals surface area contributed by atoms with Crippen molar-refractivity contribution in [2.24, 2.45) is 0 Å². The molecule has 238 valence electrons. The lowest BCUT2D eigenvalue weighted by atomic mass is 10.2. The van der Waals surface area contributed by atoms with Crippen molar-refractivity contribution in [1.29, 1.82) is 0 Å². The van der Waals surface area contributed by atoms with Crippen LogP contribution in [0.4, 0.5) is 34.4 Å². The van der Waals surface area contributed by atoms with Gasteiger partial charge in [0.05, 0.1) is 27.9 Å². The molecule has 0 saturated heterocycles. The van der Waals surface area contributed by atoms with Gasteiger partial charge in [0.1, 0.15) is 16.9 Å². The predicted molar refractivity (Wildman–Crippen MR) is 153 cm³/mol. The molecule has 0 fully saturated rings. The maximum atomic E-state index is 13.3. The van der Waals surface area contributed by atoms with E-state index in [1.54, 1.807) is 48.5 Å². The molecule has 12 nitrogen and oxygen atoms in total. The van der Waals surface area contributed by atoms with Gasteiger partial charge in [-0.2, -0.15) is 13.2 Å². The summed E-state index contributed by atoms with van der Waals surface area (Å²) >= 11 is 5.62. The zero-order valence-electron chi connectivity index (χ0n) is 24.6. The predicted octanol–water partition coefficient (Wildman–Crippen LogP) is 7.12. The molecule has 3 rings (SSSR count). The molecule has 0 aliphatic carbocycles. The van der Waals surface area contributed by atoms with Crippen LogP contribution in [0.5, 0.6) is 11.6 Å². The maximum Gasteiger partial charge on any atom is 0.427 e. The van der Waals surface area contributed by atoms with E-state index in [2.05, 4.69) is 19.7 Å². The number of hydrogen-bond donors (Lipinski definition) is 1. The summed E-state index contributed by atoms with van der Waals surface area (Å²) in [4.78, 5) is 37.5. The molecule has 17 heteroatoms. The number of anilines is 2. The molecule has 3 aromatic rings. The van der Waals surface area contributed by atoms with Crippen LogP contribution in [-0.4, -0.2) is 46.8 Å². The number of imide groups is 1. The maximum absolute atomic E-state index is 13.3. The highest BCUT2D eigenvalue weighted by atomic mass is 35.5. The summed E-state index contributed by atoms with van der Waals surface area (Å²) in [6.45, 7) is 11.2. The Kier molecular flexibility index (Phi) is 9.70. The zero-order chi connectivity index (χ0) is 33.3. The van der Waals surface area contributed by atoms with Gasteiger partial charge in [0.2, 0.25) is 11.8 Å². The van der Waals surface area contributed by atoms with Gasteiger partial charge in [-0.05, 0) is 78.3 Å². The van der Waals surface area contributed by atoms with Gasteiger partial charge >= 0.3 is 18.4 Å². The number of pyridine rings is 1. The first-order valence-corrected chi connectivity index (χ1v) is 14.5. The van der Waals surface area contributed by atoms with Gasteiger partial charge in [0, 0.05) is 6.20 Å². The van der Waals surface area contributed by atoms with Crippen molar-refractivity contribution in [3.8, 4) is 11.6 Å². The summed E-state index contributed by atoms with van der Waals surface area (Å²) in [6, 6.07) is 3.48.